The second kappa shape index (κ2) is 5.78. The van der Waals surface area contributed by atoms with Crippen LogP contribution in [0.1, 0.15) is 36.8 Å². The summed E-state index contributed by atoms with van der Waals surface area (Å²) in [7, 11) is -3.07. The van der Waals surface area contributed by atoms with Crippen LogP contribution in [0, 0.1) is 0 Å². The largest absolute Gasteiger partial charge is 0.478 e. The first-order valence-electron chi connectivity index (χ1n) is 6.16. The van der Waals surface area contributed by atoms with Crippen molar-refractivity contribution in [1.29, 1.82) is 0 Å². The number of anilines is 1. The molecule has 1 aromatic rings. The van der Waals surface area contributed by atoms with Crippen molar-refractivity contribution >= 4 is 21.6 Å². The Balaban J connectivity index is 3.01. The number of carboxylic acid groups (broad SMARTS) is 1. The second-order valence-corrected chi connectivity index (χ2v) is 8.00. The maximum atomic E-state index is 11.1. The van der Waals surface area contributed by atoms with Crippen LogP contribution in [0.2, 0.25) is 0 Å². The predicted octanol–water partition coefficient (Wildman–Crippen LogP) is 1.53. The van der Waals surface area contributed by atoms with Crippen LogP contribution in [0.4, 0.5) is 5.82 Å². The van der Waals surface area contributed by atoms with E-state index in [9.17, 15) is 13.2 Å². The van der Waals surface area contributed by atoms with Gasteiger partial charge in [0, 0.05) is 23.9 Å². The third-order valence-corrected chi connectivity index (χ3v) is 3.57. The van der Waals surface area contributed by atoms with Crippen molar-refractivity contribution in [3.63, 3.8) is 0 Å². The smallest absolute Gasteiger partial charge is 0.335 e. The quantitative estimate of drug-likeness (QED) is 0.856. The molecule has 1 rings (SSSR count). The monoisotopic (exact) mass is 300 g/mol. The number of hydrogen-bond donors (Lipinski definition) is 2. The Bertz CT molecular complexity index is 603. The number of sulfone groups is 1. The summed E-state index contributed by atoms with van der Waals surface area (Å²) < 4.78 is 22.1. The molecule has 0 saturated carbocycles. The fourth-order valence-corrected chi connectivity index (χ4v) is 1.97. The Labute approximate surface area is 119 Å². The topological polar surface area (TPSA) is 96.4 Å². The predicted molar refractivity (Wildman–Crippen MR) is 78.1 cm³/mol. The lowest BCUT2D eigenvalue weighted by Crippen LogP contribution is -2.19. The molecule has 7 heteroatoms. The van der Waals surface area contributed by atoms with Gasteiger partial charge in [-0.3, -0.25) is 0 Å². The zero-order valence-corrected chi connectivity index (χ0v) is 12.9. The third kappa shape index (κ3) is 5.16. The highest BCUT2D eigenvalue weighted by Gasteiger charge is 2.19. The summed E-state index contributed by atoms with van der Waals surface area (Å²) >= 11 is 0. The van der Waals surface area contributed by atoms with Crippen LogP contribution in [0.25, 0.3) is 0 Å². The van der Waals surface area contributed by atoms with E-state index in [-0.39, 0.29) is 23.3 Å². The minimum atomic E-state index is -3.07. The van der Waals surface area contributed by atoms with Crippen molar-refractivity contribution in [2.24, 2.45) is 0 Å². The lowest BCUT2D eigenvalue weighted by atomic mass is 9.91. The van der Waals surface area contributed by atoms with Crippen molar-refractivity contribution in [2.75, 3.05) is 23.9 Å². The number of pyridine rings is 1. The van der Waals surface area contributed by atoms with Gasteiger partial charge in [0.1, 0.15) is 15.7 Å². The molecule has 0 unspecified atom stereocenters. The first-order chi connectivity index (χ1) is 8.99. The molecule has 0 atom stereocenters. The molecular weight excluding hydrogens is 280 g/mol. The molecule has 0 aliphatic heterocycles. The lowest BCUT2D eigenvalue weighted by molar-refractivity contribution is 0.0696. The van der Waals surface area contributed by atoms with E-state index < -0.39 is 15.8 Å². The molecule has 1 heterocycles. The minimum Gasteiger partial charge on any atom is -0.478 e. The van der Waals surface area contributed by atoms with E-state index >= 15 is 0 Å². The van der Waals surface area contributed by atoms with Gasteiger partial charge in [-0.2, -0.15) is 0 Å². The Morgan fingerprint density at radius 2 is 1.95 bits per heavy atom. The van der Waals surface area contributed by atoms with Gasteiger partial charge in [0.25, 0.3) is 0 Å². The molecule has 0 spiro atoms. The van der Waals surface area contributed by atoms with Gasteiger partial charge in [-0.1, -0.05) is 20.8 Å². The minimum absolute atomic E-state index is 0.0309. The van der Waals surface area contributed by atoms with Gasteiger partial charge in [0.05, 0.1) is 11.3 Å². The lowest BCUT2D eigenvalue weighted by Gasteiger charge is -2.19. The van der Waals surface area contributed by atoms with Crippen molar-refractivity contribution in [3.8, 4) is 0 Å². The first kappa shape index (κ1) is 16.4. The number of nitrogens with one attached hydrogen (secondary N) is 1. The second-order valence-electron chi connectivity index (χ2n) is 5.74. The molecule has 20 heavy (non-hydrogen) atoms. The Morgan fingerprint density at radius 3 is 2.40 bits per heavy atom. The van der Waals surface area contributed by atoms with Gasteiger partial charge in [0.15, 0.2) is 0 Å². The Kier molecular flexibility index (Phi) is 4.75. The number of rotatable bonds is 5. The van der Waals surface area contributed by atoms with E-state index in [2.05, 4.69) is 10.3 Å². The van der Waals surface area contributed by atoms with Crippen LogP contribution in [0.3, 0.4) is 0 Å². The van der Waals surface area contributed by atoms with Crippen molar-refractivity contribution in [1.82, 2.24) is 4.98 Å². The highest BCUT2D eigenvalue weighted by Crippen LogP contribution is 2.23. The fraction of sp³-hybridized carbons (Fsp3) is 0.538. The zero-order valence-electron chi connectivity index (χ0n) is 12.1. The molecule has 0 aliphatic carbocycles. The van der Waals surface area contributed by atoms with Crippen molar-refractivity contribution < 1.29 is 18.3 Å². The highest BCUT2D eigenvalue weighted by atomic mass is 32.2. The van der Waals surface area contributed by atoms with Crippen LogP contribution < -0.4 is 5.32 Å². The molecule has 0 aromatic carbocycles. The first-order valence-corrected chi connectivity index (χ1v) is 8.22. The molecule has 2 N–H and O–H groups in total. The Morgan fingerprint density at radius 1 is 1.35 bits per heavy atom. The Hall–Kier alpha value is -1.63. The molecule has 0 bridgehead atoms. The van der Waals surface area contributed by atoms with Crippen LogP contribution in [-0.2, 0) is 15.3 Å². The summed E-state index contributed by atoms with van der Waals surface area (Å²) in [5.74, 6) is -0.695. The van der Waals surface area contributed by atoms with E-state index in [0.29, 0.717) is 11.5 Å². The zero-order chi connectivity index (χ0) is 15.6. The van der Waals surface area contributed by atoms with E-state index in [1.165, 1.54) is 12.1 Å². The molecule has 0 aliphatic rings. The molecule has 112 valence electrons. The summed E-state index contributed by atoms with van der Waals surface area (Å²) in [6, 6.07) is 2.93. The summed E-state index contributed by atoms with van der Waals surface area (Å²) in [6.07, 6.45) is 1.15. The SMILES string of the molecule is CC(C)(C)c1cc(C(=O)O)cc(NCCS(C)(=O)=O)n1. The highest BCUT2D eigenvalue weighted by molar-refractivity contribution is 7.90. The average molecular weight is 300 g/mol. The maximum Gasteiger partial charge on any atom is 0.335 e. The molecule has 6 nitrogen and oxygen atoms in total. The fourth-order valence-electron chi connectivity index (χ4n) is 1.49. The molecular formula is C13H20N2O4S. The van der Waals surface area contributed by atoms with Crippen molar-refractivity contribution in [3.05, 3.63) is 23.4 Å². The maximum absolute atomic E-state index is 11.1. The number of carbonyl (C=O) groups is 1. The summed E-state index contributed by atoms with van der Waals surface area (Å²) in [4.78, 5) is 15.5. The van der Waals surface area contributed by atoms with E-state index in [1.54, 1.807) is 0 Å². The molecule has 0 saturated heterocycles. The van der Waals surface area contributed by atoms with E-state index in [0.717, 1.165) is 6.26 Å². The van der Waals surface area contributed by atoms with E-state index in [4.69, 9.17) is 5.11 Å². The van der Waals surface area contributed by atoms with Crippen molar-refractivity contribution in [2.45, 2.75) is 26.2 Å². The molecule has 0 fully saturated rings. The van der Waals surface area contributed by atoms with Gasteiger partial charge in [-0.25, -0.2) is 18.2 Å². The van der Waals surface area contributed by atoms with Gasteiger partial charge in [-0.15, -0.1) is 0 Å². The van der Waals surface area contributed by atoms with Gasteiger partial charge < -0.3 is 10.4 Å². The standard InChI is InChI=1S/C13H20N2O4S/c1-13(2,3)10-7-9(12(16)17)8-11(15-10)14-5-6-20(4,18)19/h7-8H,5-6H2,1-4H3,(H,14,15)(H,16,17). The number of aromatic carboxylic acids is 1. The average Bonchev–Trinajstić information content (AvgIpc) is 2.25. The van der Waals surface area contributed by atoms with Gasteiger partial charge >= 0.3 is 5.97 Å². The normalized spacial score (nSPS) is 12.2. The van der Waals surface area contributed by atoms with Crippen LogP contribution in [0.15, 0.2) is 12.1 Å². The third-order valence-electron chi connectivity index (χ3n) is 2.62. The number of aromatic nitrogens is 1. The van der Waals surface area contributed by atoms with Gasteiger partial charge in [-0.05, 0) is 12.1 Å². The van der Waals surface area contributed by atoms with Crippen LogP contribution in [-0.4, -0.2) is 43.0 Å². The van der Waals surface area contributed by atoms with Crippen LogP contribution >= 0.6 is 0 Å². The van der Waals surface area contributed by atoms with Crippen LogP contribution in [0.5, 0.6) is 0 Å². The van der Waals surface area contributed by atoms with Gasteiger partial charge in [0.2, 0.25) is 0 Å². The molecule has 0 radical (unpaired) electrons. The summed E-state index contributed by atoms with van der Waals surface area (Å²) in [6.45, 7) is 5.99. The molecule has 0 amide bonds. The summed E-state index contributed by atoms with van der Waals surface area (Å²) in [5, 5.41) is 12.0. The number of carboxylic acids is 1. The summed E-state index contributed by atoms with van der Waals surface area (Å²) in [5.41, 5.74) is 0.477. The number of hydrogen-bond acceptors (Lipinski definition) is 5. The number of nitrogens with zero attached hydrogens (tertiary/aromatic N) is 1. The van der Waals surface area contributed by atoms with E-state index in [1.807, 2.05) is 20.8 Å². The molecule has 1 aromatic heterocycles.